The van der Waals surface area contributed by atoms with Crippen molar-refractivity contribution in [3.05, 3.63) is 23.7 Å². The third-order valence-electron chi connectivity index (χ3n) is 4.91. The molecule has 3 nitrogen and oxygen atoms in total. The summed E-state index contributed by atoms with van der Waals surface area (Å²) < 4.78 is 5.59. The number of hydrogen-bond donors (Lipinski definition) is 1. The largest absolute Gasteiger partial charge is 0.468 e. The molecule has 1 aliphatic heterocycles. The Morgan fingerprint density at radius 3 is 3.00 bits per heavy atom. The van der Waals surface area contributed by atoms with Gasteiger partial charge in [0, 0.05) is 18.2 Å². The summed E-state index contributed by atoms with van der Waals surface area (Å²) in [6, 6.07) is 2.99. The summed E-state index contributed by atoms with van der Waals surface area (Å²) in [6.45, 7) is 3.18. The SMILES string of the molecule is CNCc1occc1CN1CCCC2CCCCC21. The van der Waals surface area contributed by atoms with E-state index < -0.39 is 0 Å². The predicted octanol–water partition coefficient (Wildman–Crippen LogP) is 3.15. The van der Waals surface area contributed by atoms with Crippen LogP contribution in [0.4, 0.5) is 0 Å². The first-order valence-electron chi connectivity index (χ1n) is 7.82. The van der Waals surface area contributed by atoms with Crippen molar-refractivity contribution in [3.63, 3.8) is 0 Å². The predicted molar refractivity (Wildman–Crippen MR) is 76.9 cm³/mol. The molecular formula is C16H26N2O. The zero-order chi connectivity index (χ0) is 13.1. The first-order chi connectivity index (χ1) is 9.38. The summed E-state index contributed by atoms with van der Waals surface area (Å²) in [5.41, 5.74) is 1.38. The zero-order valence-corrected chi connectivity index (χ0v) is 12.0. The average molecular weight is 262 g/mol. The molecule has 2 heterocycles. The van der Waals surface area contributed by atoms with Gasteiger partial charge in [0.05, 0.1) is 12.8 Å². The first kappa shape index (κ1) is 13.2. The normalized spacial score (nSPS) is 28.3. The number of furan rings is 1. The number of hydrogen-bond acceptors (Lipinski definition) is 3. The molecule has 2 fully saturated rings. The van der Waals surface area contributed by atoms with E-state index >= 15 is 0 Å². The quantitative estimate of drug-likeness (QED) is 0.903. The van der Waals surface area contributed by atoms with Crippen LogP contribution in [0.5, 0.6) is 0 Å². The number of piperidine rings is 1. The van der Waals surface area contributed by atoms with Gasteiger partial charge in [0.15, 0.2) is 0 Å². The van der Waals surface area contributed by atoms with Crippen molar-refractivity contribution in [1.29, 1.82) is 0 Å². The second-order valence-electron chi connectivity index (χ2n) is 6.12. The van der Waals surface area contributed by atoms with Gasteiger partial charge in [-0.1, -0.05) is 12.8 Å². The van der Waals surface area contributed by atoms with Crippen molar-refractivity contribution < 1.29 is 4.42 Å². The second-order valence-corrected chi connectivity index (χ2v) is 6.12. The van der Waals surface area contributed by atoms with Crippen LogP contribution in [0.25, 0.3) is 0 Å². The molecule has 1 saturated heterocycles. The minimum Gasteiger partial charge on any atom is -0.468 e. The molecule has 1 aromatic heterocycles. The number of nitrogens with zero attached hydrogens (tertiary/aromatic N) is 1. The molecule has 1 aromatic rings. The highest BCUT2D eigenvalue weighted by Crippen LogP contribution is 2.36. The van der Waals surface area contributed by atoms with Crippen LogP contribution in [0, 0.1) is 5.92 Å². The monoisotopic (exact) mass is 262 g/mol. The summed E-state index contributed by atoms with van der Waals surface area (Å²) in [6.07, 6.45) is 10.4. The van der Waals surface area contributed by atoms with Gasteiger partial charge < -0.3 is 9.73 Å². The van der Waals surface area contributed by atoms with Gasteiger partial charge in [-0.3, -0.25) is 4.90 Å². The molecule has 2 aliphatic rings. The number of fused-ring (bicyclic) bond motifs is 1. The van der Waals surface area contributed by atoms with Crippen LogP contribution in [0.15, 0.2) is 16.7 Å². The van der Waals surface area contributed by atoms with E-state index in [-0.39, 0.29) is 0 Å². The molecule has 0 spiro atoms. The Morgan fingerprint density at radius 1 is 1.26 bits per heavy atom. The third kappa shape index (κ3) is 2.87. The Bertz CT molecular complexity index is 399. The molecule has 106 valence electrons. The van der Waals surface area contributed by atoms with Crippen molar-refractivity contribution in [2.75, 3.05) is 13.6 Å². The third-order valence-corrected chi connectivity index (χ3v) is 4.91. The first-order valence-corrected chi connectivity index (χ1v) is 7.82. The van der Waals surface area contributed by atoms with Crippen molar-refractivity contribution in [2.45, 2.75) is 57.7 Å². The summed E-state index contributed by atoms with van der Waals surface area (Å²) in [5.74, 6) is 2.07. The van der Waals surface area contributed by atoms with Crippen LogP contribution in [0.3, 0.4) is 0 Å². The topological polar surface area (TPSA) is 28.4 Å². The summed E-state index contributed by atoms with van der Waals surface area (Å²) in [7, 11) is 1.98. The van der Waals surface area contributed by atoms with Gasteiger partial charge in [-0.05, 0) is 51.3 Å². The fraction of sp³-hybridized carbons (Fsp3) is 0.750. The fourth-order valence-electron chi connectivity index (χ4n) is 3.97. The lowest BCUT2D eigenvalue weighted by Crippen LogP contribution is -2.46. The smallest absolute Gasteiger partial charge is 0.122 e. The fourth-order valence-corrected chi connectivity index (χ4v) is 3.97. The minimum absolute atomic E-state index is 0.833. The Balaban J connectivity index is 1.69. The molecular weight excluding hydrogens is 236 g/mol. The molecule has 0 bridgehead atoms. The van der Waals surface area contributed by atoms with E-state index in [0.29, 0.717) is 0 Å². The maximum absolute atomic E-state index is 5.59. The maximum atomic E-state index is 5.59. The van der Waals surface area contributed by atoms with Crippen LogP contribution < -0.4 is 5.32 Å². The molecule has 3 rings (SSSR count). The Hall–Kier alpha value is -0.800. The van der Waals surface area contributed by atoms with Gasteiger partial charge in [-0.2, -0.15) is 0 Å². The highest BCUT2D eigenvalue weighted by Gasteiger charge is 2.33. The minimum atomic E-state index is 0.833. The molecule has 1 saturated carbocycles. The van der Waals surface area contributed by atoms with Crippen LogP contribution in [-0.4, -0.2) is 24.5 Å². The zero-order valence-electron chi connectivity index (χ0n) is 12.0. The molecule has 2 unspecified atom stereocenters. The van der Waals surface area contributed by atoms with Crippen molar-refractivity contribution in [2.24, 2.45) is 5.92 Å². The van der Waals surface area contributed by atoms with E-state index in [1.54, 1.807) is 0 Å². The standard InChI is InChI=1S/C16H26N2O/c1-17-11-16-14(8-10-19-16)12-18-9-4-6-13-5-2-3-7-15(13)18/h8,10,13,15,17H,2-7,9,11-12H2,1H3. The van der Waals surface area contributed by atoms with E-state index in [2.05, 4.69) is 16.3 Å². The van der Waals surface area contributed by atoms with Gasteiger partial charge in [0.25, 0.3) is 0 Å². The van der Waals surface area contributed by atoms with Crippen molar-refractivity contribution >= 4 is 0 Å². The van der Waals surface area contributed by atoms with Crippen LogP contribution in [-0.2, 0) is 13.1 Å². The average Bonchev–Trinajstić information content (AvgIpc) is 2.87. The van der Waals surface area contributed by atoms with E-state index in [9.17, 15) is 0 Å². The lowest BCUT2D eigenvalue weighted by Gasteiger charge is -2.44. The molecule has 0 amide bonds. The van der Waals surface area contributed by atoms with E-state index in [1.165, 1.54) is 50.6 Å². The summed E-state index contributed by atoms with van der Waals surface area (Å²) >= 11 is 0. The van der Waals surface area contributed by atoms with Crippen LogP contribution in [0.2, 0.25) is 0 Å². The highest BCUT2D eigenvalue weighted by molar-refractivity contribution is 5.17. The molecule has 19 heavy (non-hydrogen) atoms. The molecule has 0 radical (unpaired) electrons. The lowest BCUT2D eigenvalue weighted by atomic mass is 9.78. The van der Waals surface area contributed by atoms with Gasteiger partial charge in [0.2, 0.25) is 0 Å². The van der Waals surface area contributed by atoms with Crippen molar-refractivity contribution in [3.8, 4) is 0 Å². The van der Waals surface area contributed by atoms with E-state index in [4.69, 9.17) is 4.42 Å². The molecule has 2 atom stereocenters. The maximum Gasteiger partial charge on any atom is 0.122 e. The highest BCUT2D eigenvalue weighted by atomic mass is 16.3. The van der Waals surface area contributed by atoms with Gasteiger partial charge >= 0.3 is 0 Å². The molecule has 0 aromatic carbocycles. The van der Waals surface area contributed by atoms with E-state index in [1.807, 2.05) is 13.3 Å². The van der Waals surface area contributed by atoms with E-state index in [0.717, 1.165) is 30.8 Å². The second kappa shape index (κ2) is 6.10. The molecule has 1 N–H and O–H groups in total. The number of nitrogens with one attached hydrogen (secondary N) is 1. The van der Waals surface area contributed by atoms with Crippen LogP contribution in [0.1, 0.15) is 49.8 Å². The Labute approximate surface area is 116 Å². The lowest BCUT2D eigenvalue weighted by molar-refractivity contribution is 0.0542. The Morgan fingerprint density at radius 2 is 2.11 bits per heavy atom. The van der Waals surface area contributed by atoms with Gasteiger partial charge in [0.1, 0.15) is 5.76 Å². The molecule has 1 aliphatic carbocycles. The summed E-state index contributed by atoms with van der Waals surface area (Å²) in [4.78, 5) is 2.72. The van der Waals surface area contributed by atoms with Crippen LogP contribution >= 0.6 is 0 Å². The van der Waals surface area contributed by atoms with Gasteiger partial charge in [-0.15, -0.1) is 0 Å². The Kier molecular flexibility index (Phi) is 4.24. The summed E-state index contributed by atoms with van der Waals surface area (Å²) in [5, 5.41) is 3.19. The molecule has 3 heteroatoms. The number of rotatable bonds is 4. The number of likely N-dealkylation sites (tertiary alicyclic amines) is 1. The van der Waals surface area contributed by atoms with Crippen molar-refractivity contribution in [1.82, 2.24) is 10.2 Å². The van der Waals surface area contributed by atoms with Gasteiger partial charge in [-0.25, -0.2) is 0 Å².